The molecule has 0 bridgehead atoms. The number of benzene rings is 8. The Balaban J connectivity index is 1.07. The summed E-state index contributed by atoms with van der Waals surface area (Å²) in [5.41, 5.74) is 18.3. The zero-order valence-corrected chi connectivity index (χ0v) is 39.2. The summed E-state index contributed by atoms with van der Waals surface area (Å²) in [6.45, 7) is 16.4. The molecule has 4 aromatic heterocycles. The highest BCUT2D eigenvalue weighted by Crippen LogP contribution is 2.50. The Labute approximate surface area is 388 Å². The lowest BCUT2D eigenvalue weighted by molar-refractivity contribution is 0.332. The highest BCUT2D eigenvalue weighted by Gasteiger charge is 2.38. The minimum Gasteiger partial charge on any atom is -0.456 e. The van der Waals surface area contributed by atoms with Crippen LogP contribution in [0.5, 0.6) is 0 Å². The van der Waals surface area contributed by atoms with Gasteiger partial charge in [-0.15, -0.1) is 11.3 Å². The normalized spacial score (nSPS) is 15.4. The molecule has 1 aliphatic heterocycles. The van der Waals surface area contributed by atoms with Gasteiger partial charge in [0.05, 0.1) is 11.2 Å². The molecule has 2 aliphatic rings. The summed E-state index contributed by atoms with van der Waals surface area (Å²) in [5.74, 6) is 0. The molecule has 12 aromatic rings. The lowest BCUT2D eigenvalue weighted by Crippen LogP contribution is -2.37. The van der Waals surface area contributed by atoms with E-state index >= 15 is 0 Å². The third kappa shape index (κ3) is 5.39. The van der Waals surface area contributed by atoms with Gasteiger partial charge in [0.25, 0.3) is 0 Å². The van der Waals surface area contributed by atoms with E-state index in [2.05, 4.69) is 199 Å². The largest absolute Gasteiger partial charge is 0.456 e. The van der Waals surface area contributed by atoms with Crippen LogP contribution < -0.4 is 16.2 Å². The monoisotopic (exact) mass is 871 g/mol. The first-order chi connectivity index (χ1) is 31.8. The first-order valence-electron chi connectivity index (χ1n) is 23.4. The zero-order valence-electron chi connectivity index (χ0n) is 38.4. The van der Waals surface area contributed by atoms with Gasteiger partial charge in [-0.25, -0.2) is 0 Å². The number of fused-ring (bicyclic) bond motifs is 15. The van der Waals surface area contributed by atoms with E-state index in [0.29, 0.717) is 0 Å². The average Bonchev–Trinajstić information content (AvgIpc) is 4.05. The SMILES string of the molecule is CC(C)(C)c1ccc(Nc2cc3oc4cc5c(cc4c3cc2-c2ccc3c4cc6c(cc4n4c3c2[B]c2cc3c(cc2-4)sc2ccccc23)oc2ccccc26)C(C)(C)CCC5(C)C)cc1. The van der Waals surface area contributed by atoms with E-state index in [1.165, 1.54) is 80.7 Å². The van der Waals surface area contributed by atoms with E-state index in [0.717, 1.165) is 73.8 Å². The molecule has 5 heterocycles. The van der Waals surface area contributed by atoms with Gasteiger partial charge in [-0.3, -0.25) is 0 Å². The molecule has 0 saturated heterocycles. The fourth-order valence-corrected chi connectivity index (χ4v) is 12.8. The molecular weight excluding hydrogens is 824 g/mol. The fraction of sp³-hybridized carbons (Fsp3) is 0.200. The highest BCUT2D eigenvalue weighted by atomic mass is 32.1. The number of rotatable bonds is 3. The van der Waals surface area contributed by atoms with E-state index in [-0.39, 0.29) is 16.2 Å². The maximum absolute atomic E-state index is 6.93. The first kappa shape index (κ1) is 38.5. The van der Waals surface area contributed by atoms with E-state index in [9.17, 15) is 0 Å². The molecule has 1 aliphatic carbocycles. The third-order valence-corrected chi connectivity index (χ3v) is 16.6. The maximum Gasteiger partial charge on any atom is 0.197 e. The molecule has 0 spiro atoms. The fourth-order valence-electron chi connectivity index (χ4n) is 11.6. The highest BCUT2D eigenvalue weighted by molar-refractivity contribution is 7.25. The van der Waals surface area contributed by atoms with Gasteiger partial charge in [0.15, 0.2) is 7.28 Å². The zero-order chi connectivity index (χ0) is 44.6. The maximum atomic E-state index is 6.93. The molecule has 66 heavy (non-hydrogen) atoms. The number of anilines is 2. The van der Waals surface area contributed by atoms with Gasteiger partial charge >= 0.3 is 0 Å². The van der Waals surface area contributed by atoms with Gasteiger partial charge in [-0.05, 0) is 117 Å². The van der Waals surface area contributed by atoms with Crippen LogP contribution in [0, 0.1) is 0 Å². The Kier molecular flexibility index (Phi) is 7.58. The summed E-state index contributed by atoms with van der Waals surface area (Å²) in [4.78, 5) is 0. The smallest absolute Gasteiger partial charge is 0.197 e. The van der Waals surface area contributed by atoms with E-state index in [4.69, 9.17) is 8.83 Å². The second-order valence-electron chi connectivity index (χ2n) is 21.5. The second-order valence-corrected chi connectivity index (χ2v) is 22.6. The van der Waals surface area contributed by atoms with Gasteiger partial charge in [0.1, 0.15) is 22.3 Å². The Hall–Kier alpha value is -6.76. The van der Waals surface area contributed by atoms with Crippen molar-refractivity contribution < 1.29 is 8.83 Å². The molecule has 6 heteroatoms. The van der Waals surface area contributed by atoms with Crippen molar-refractivity contribution in [2.24, 2.45) is 0 Å². The summed E-state index contributed by atoms with van der Waals surface area (Å²) in [5, 5.41) is 13.6. The van der Waals surface area contributed by atoms with Crippen molar-refractivity contribution in [1.29, 1.82) is 0 Å². The summed E-state index contributed by atoms with van der Waals surface area (Å²) in [6.07, 6.45) is 2.31. The van der Waals surface area contributed by atoms with Crippen molar-refractivity contribution in [1.82, 2.24) is 4.57 Å². The molecular formula is C60H48BN2O2S. The summed E-state index contributed by atoms with van der Waals surface area (Å²) < 4.78 is 18.6. The molecule has 0 fully saturated rings. The van der Waals surface area contributed by atoms with Crippen molar-refractivity contribution in [2.75, 3.05) is 5.32 Å². The van der Waals surface area contributed by atoms with Crippen LogP contribution in [-0.4, -0.2) is 11.8 Å². The number of hydrogen-bond donors (Lipinski definition) is 1. The van der Waals surface area contributed by atoms with Gasteiger partial charge in [0.2, 0.25) is 0 Å². The van der Waals surface area contributed by atoms with Gasteiger partial charge in [-0.1, -0.05) is 121 Å². The molecule has 1 N–H and O–H groups in total. The minimum absolute atomic E-state index is 0.0539. The molecule has 4 nitrogen and oxygen atoms in total. The average molecular weight is 872 g/mol. The van der Waals surface area contributed by atoms with Gasteiger partial charge in [-0.2, -0.15) is 0 Å². The molecule has 0 amide bonds. The Morgan fingerprint density at radius 3 is 2.05 bits per heavy atom. The van der Waals surface area contributed by atoms with Crippen molar-refractivity contribution in [3.05, 3.63) is 150 Å². The van der Waals surface area contributed by atoms with E-state index < -0.39 is 0 Å². The van der Waals surface area contributed by atoms with Crippen LogP contribution in [0.15, 0.2) is 142 Å². The molecule has 8 aromatic carbocycles. The second kappa shape index (κ2) is 13.0. The number of furan rings is 2. The van der Waals surface area contributed by atoms with Crippen molar-refractivity contribution in [2.45, 2.75) is 77.6 Å². The number of hydrogen-bond acceptors (Lipinski definition) is 4. The van der Waals surface area contributed by atoms with E-state index in [1.807, 2.05) is 11.3 Å². The van der Waals surface area contributed by atoms with E-state index in [1.54, 1.807) is 0 Å². The minimum atomic E-state index is 0.0539. The van der Waals surface area contributed by atoms with Crippen molar-refractivity contribution in [3.63, 3.8) is 0 Å². The van der Waals surface area contributed by atoms with Crippen LogP contribution in [-0.2, 0) is 16.2 Å². The Morgan fingerprint density at radius 2 is 1.24 bits per heavy atom. The molecule has 319 valence electrons. The Bertz CT molecular complexity index is 4090. The summed E-state index contributed by atoms with van der Waals surface area (Å²) in [6, 6.07) is 49.8. The first-order valence-corrected chi connectivity index (χ1v) is 24.3. The standard InChI is InChI=1S/C60H48BN2O2S/c1-58(2,3)32-16-18-33(19-17-32)62-47-29-52-41(42-26-44-45(28-51(42)65-52)60(6,7)23-22-59(44,4)5)24-38(47)36-20-21-37-39-25-40-34-12-8-10-14-50(34)64-53(40)30-48(39)63-49-31-55-43(27-46(49)61-56(36)57(37)63)35-13-9-11-15-54(35)66-55/h8-21,24-31,62H,22-23H2,1-7H3. The van der Waals surface area contributed by atoms with Gasteiger partial charge < -0.3 is 18.7 Å². The lowest BCUT2D eigenvalue weighted by Gasteiger charge is -2.41. The van der Waals surface area contributed by atoms with Crippen LogP contribution >= 0.6 is 11.3 Å². The summed E-state index contributed by atoms with van der Waals surface area (Å²) >= 11 is 1.87. The predicted molar refractivity (Wildman–Crippen MR) is 282 cm³/mol. The molecule has 1 radical (unpaired) electrons. The van der Waals surface area contributed by atoms with Crippen LogP contribution in [0.25, 0.3) is 103 Å². The topological polar surface area (TPSA) is 43.2 Å². The number of para-hydroxylation sites is 1. The number of nitrogens with one attached hydrogen (secondary N) is 1. The number of thiophene rings is 1. The molecule has 0 saturated carbocycles. The van der Waals surface area contributed by atoms with Gasteiger partial charge in [0, 0.05) is 81.7 Å². The number of nitrogens with zero attached hydrogens (tertiary/aromatic N) is 1. The quantitative estimate of drug-likeness (QED) is 0.180. The number of aromatic nitrogens is 1. The van der Waals surface area contributed by atoms with Crippen LogP contribution in [0.4, 0.5) is 11.4 Å². The van der Waals surface area contributed by atoms with Crippen LogP contribution in [0.1, 0.15) is 78.0 Å². The predicted octanol–water partition coefficient (Wildman–Crippen LogP) is 16.0. The third-order valence-electron chi connectivity index (χ3n) is 15.4. The van der Waals surface area contributed by atoms with Crippen molar-refractivity contribution in [3.8, 4) is 16.8 Å². The molecule has 0 unspecified atom stereocenters. The van der Waals surface area contributed by atoms with Crippen LogP contribution in [0.3, 0.4) is 0 Å². The molecule has 0 atom stereocenters. The summed E-state index contributed by atoms with van der Waals surface area (Å²) in [7, 11) is 2.46. The van der Waals surface area contributed by atoms with Crippen molar-refractivity contribution >= 4 is 127 Å². The Morgan fingerprint density at radius 1 is 0.561 bits per heavy atom. The molecule has 14 rings (SSSR count). The van der Waals surface area contributed by atoms with Crippen LogP contribution in [0.2, 0.25) is 0 Å². The lowest BCUT2D eigenvalue weighted by atomic mass is 9.59.